The van der Waals surface area contributed by atoms with Gasteiger partial charge in [0, 0.05) is 35.3 Å². The highest BCUT2D eigenvalue weighted by Gasteiger charge is 2.31. The molecule has 1 aliphatic rings. The van der Waals surface area contributed by atoms with E-state index in [1.807, 2.05) is 36.4 Å². The summed E-state index contributed by atoms with van der Waals surface area (Å²) in [5, 5.41) is 6.99. The average molecular weight is 372 g/mol. The first-order chi connectivity index (χ1) is 12.5. The summed E-state index contributed by atoms with van der Waals surface area (Å²) in [5.41, 5.74) is 7.74. The van der Waals surface area contributed by atoms with E-state index in [1.165, 1.54) is 5.56 Å². The maximum absolute atomic E-state index is 12.1. The summed E-state index contributed by atoms with van der Waals surface area (Å²) >= 11 is 6.26. The summed E-state index contributed by atoms with van der Waals surface area (Å²) in [6.45, 7) is 0.244. The van der Waals surface area contributed by atoms with Crippen LogP contribution in [0.5, 0.6) is 0 Å². The molecule has 0 unspecified atom stereocenters. The van der Waals surface area contributed by atoms with Gasteiger partial charge in [0.2, 0.25) is 5.91 Å². The van der Waals surface area contributed by atoms with Crippen LogP contribution in [0.4, 0.5) is 5.69 Å². The second-order valence-electron chi connectivity index (χ2n) is 6.58. The fourth-order valence-electron chi connectivity index (χ4n) is 3.18. The number of primary amides is 1. The van der Waals surface area contributed by atoms with Crippen LogP contribution in [0, 0.1) is 0 Å². The van der Waals surface area contributed by atoms with Crippen molar-refractivity contribution in [2.45, 2.75) is 31.2 Å². The molecule has 0 bridgehead atoms. The molecule has 5 nitrogen and oxygen atoms in total. The van der Waals surface area contributed by atoms with E-state index in [4.69, 9.17) is 17.3 Å². The number of carbonyl (C=O) groups is 2. The van der Waals surface area contributed by atoms with Crippen LogP contribution in [0.3, 0.4) is 0 Å². The van der Waals surface area contributed by atoms with Crippen molar-refractivity contribution in [1.29, 1.82) is 0 Å². The Morgan fingerprint density at radius 1 is 1.12 bits per heavy atom. The van der Waals surface area contributed by atoms with Crippen molar-refractivity contribution in [1.82, 2.24) is 5.32 Å². The summed E-state index contributed by atoms with van der Waals surface area (Å²) in [7, 11) is 0. The van der Waals surface area contributed by atoms with Crippen molar-refractivity contribution in [2.24, 2.45) is 5.73 Å². The molecule has 3 rings (SSSR count). The number of hydrogen-bond acceptors (Lipinski definition) is 3. The lowest BCUT2D eigenvalue weighted by Crippen LogP contribution is -2.34. The highest BCUT2D eigenvalue weighted by atomic mass is 35.5. The molecule has 1 aliphatic carbocycles. The molecule has 0 heterocycles. The molecule has 1 fully saturated rings. The lowest BCUT2D eigenvalue weighted by atomic mass is 9.76. The Balaban J connectivity index is 1.53. The lowest BCUT2D eigenvalue weighted by Gasteiger charge is -2.37. The van der Waals surface area contributed by atoms with Crippen LogP contribution in [-0.2, 0) is 4.79 Å². The van der Waals surface area contributed by atoms with Gasteiger partial charge in [-0.25, -0.2) is 0 Å². The van der Waals surface area contributed by atoms with E-state index in [0.29, 0.717) is 17.5 Å². The van der Waals surface area contributed by atoms with Gasteiger partial charge < -0.3 is 16.4 Å². The fourth-order valence-corrected chi connectivity index (χ4v) is 3.47. The Morgan fingerprint density at radius 3 is 2.62 bits per heavy atom. The van der Waals surface area contributed by atoms with Crippen molar-refractivity contribution in [2.75, 3.05) is 11.9 Å². The number of carbonyl (C=O) groups excluding carboxylic acids is 2. The van der Waals surface area contributed by atoms with E-state index < -0.39 is 5.91 Å². The highest BCUT2D eigenvalue weighted by molar-refractivity contribution is 6.31. The van der Waals surface area contributed by atoms with Crippen LogP contribution < -0.4 is 16.4 Å². The van der Waals surface area contributed by atoms with E-state index in [9.17, 15) is 9.59 Å². The van der Waals surface area contributed by atoms with Gasteiger partial charge in [0.05, 0.1) is 0 Å². The zero-order chi connectivity index (χ0) is 18.5. The van der Waals surface area contributed by atoms with Crippen LogP contribution >= 0.6 is 11.6 Å². The predicted octanol–water partition coefficient (Wildman–Crippen LogP) is 3.30. The molecular weight excluding hydrogens is 350 g/mol. The van der Waals surface area contributed by atoms with Crippen LogP contribution in [0.25, 0.3) is 0 Å². The first-order valence-corrected chi connectivity index (χ1v) is 9.08. The number of halogens is 1. The van der Waals surface area contributed by atoms with Gasteiger partial charge in [-0.05, 0) is 48.6 Å². The normalized spacial score (nSPS) is 18.7. The van der Waals surface area contributed by atoms with Crippen molar-refractivity contribution >= 4 is 29.1 Å². The maximum atomic E-state index is 12.1. The predicted molar refractivity (Wildman–Crippen MR) is 103 cm³/mol. The third-order valence-corrected chi connectivity index (χ3v) is 4.98. The Hall–Kier alpha value is -2.53. The molecule has 6 heteroatoms. The van der Waals surface area contributed by atoms with Crippen LogP contribution in [-0.4, -0.2) is 24.4 Å². The molecule has 26 heavy (non-hydrogen) atoms. The van der Waals surface area contributed by atoms with E-state index in [1.54, 1.807) is 6.07 Å². The van der Waals surface area contributed by atoms with Crippen molar-refractivity contribution in [3.05, 3.63) is 64.7 Å². The van der Waals surface area contributed by atoms with Gasteiger partial charge in [-0.2, -0.15) is 0 Å². The molecule has 4 N–H and O–H groups in total. The Bertz CT molecular complexity index is 803. The maximum Gasteiger partial charge on any atom is 0.251 e. The smallest absolute Gasteiger partial charge is 0.251 e. The minimum atomic E-state index is -0.432. The third-order valence-electron chi connectivity index (χ3n) is 4.64. The number of anilines is 1. The Labute approximate surface area is 157 Å². The van der Waals surface area contributed by atoms with Gasteiger partial charge in [-0.3, -0.25) is 9.59 Å². The van der Waals surface area contributed by atoms with Gasteiger partial charge in [0.1, 0.15) is 0 Å². The first kappa shape index (κ1) is 18.3. The van der Waals surface area contributed by atoms with Gasteiger partial charge in [0.15, 0.2) is 0 Å². The molecule has 0 aliphatic heterocycles. The minimum absolute atomic E-state index is 0.134. The molecule has 1 saturated carbocycles. The molecule has 136 valence electrons. The minimum Gasteiger partial charge on any atom is -0.382 e. The largest absolute Gasteiger partial charge is 0.382 e. The number of nitrogens with one attached hydrogen (secondary N) is 2. The standard InChI is InChI=1S/C20H22ClN3O2/c21-18-7-2-1-6-17(18)14-11-16(12-14)24-15-5-3-4-13(10-15)20(26)23-9-8-19(22)25/h1-7,10,14,16,24H,8-9,11-12H2,(H2,22,25)(H,23,26). The van der Waals surface area contributed by atoms with Gasteiger partial charge >= 0.3 is 0 Å². The fraction of sp³-hybridized carbons (Fsp3) is 0.300. The molecule has 0 atom stereocenters. The van der Waals surface area contributed by atoms with E-state index >= 15 is 0 Å². The molecule has 0 saturated heterocycles. The number of rotatable bonds is 7. The Kier molecular flexibility index (Phi) is 5.78. The number of hydrogen-bond donors (Lipinski definition) is 3. The molecule has 2 amide bonds. The molecule has 2 aromatic carbocycles. The molecule has 0 aromatic heterocycles. The van der Waals surface area contributed by atoms with Crippen LogP contribution in [0.1, 0.15) is 41.1 Å². The average Bonchev–Trinajstić information content (AvgIpc) is 2.58. The molecule has 2 aromatic rings. The second-order valence-corrected chi connectivity index (χ2v) is 6.99. The monoisotopic (exact) mass is 371 g/mol. The highest BCUT2D eigenvalue weighted by Crippen LogP contribution is 2.41. The van der Waals surface area contributed by atoms with Gasteiger partial charge in [0.25, 0.3) is 5.91 Å². The zero-order valence-corrected chi connectivity index (χ0v) is 15.1. The van der Waals surface area contributed by atoms with Crippen molar-refractivity contribution in [3.63, 3.8) is 0 Å². The summed E-state index contributed by atoms with van der Waals surface area (Å²) in [6.07, 6.45) is 2.16. The quantitative estimate of drug-likeness (QED) is 0.698. The molecular formula is C20H22ClN3O2. The topological polar surface area (TPSA) is 84.2 Å². The van der Waals surface area contributed by atoms with Gasteiger partial charge in [-0.15, -0.1) is 0 Å². The molecule has 0 radical (unpaired) electrons. The van der Waals surface area contributed by atoms with Crippen molar-refractivity contribution in [3.8, 4) is 0 Å². The van der Waals surface area contributed by atoms with E-state index in [0.717, 1.165) is 23.6 Å². The first-order valence-electron chi connectivity index (χ1n) is 8.70. The van der Waals surface area contributed by atoms with Gasteiger partial charge in [-0.1, -0.05) is 35.9 Å². The van der Waals surface area contributed by atoms with Crippen LogP contribution in [0.15, 0.2) is 48.5 Å². The summed E-state index contributed by atoms with van der Waals surface area (Å²) in [6, 6.07) is 15.7. The lowest BCUT2D eigenvalue weighted by molar-refractivity contribution is -0.117. The van der Waals surface area contributed by atoms with E-state index in [-0.39, 0.29) is 18.9 Å². The zero-order valence-electron chi connectivity index (χ0n) is 14.4. The second kappa shape index (κ2) is 8.23. The third kappa shape index (κ3) is 4.55. The summed E-state index contributed by atoms with van der Waals surface area (Å²) < 4.78 is 0. The number of benzene rings is 2. The summed E-state index contributed by atoms with van der Waals surface area (Å²) in [4.78, 5) is 22.9. The number of nitrogens with two attached hydrogens (primary N) is 1. The van der Waals surface area contributed by atoms with E-state index in [2.05, 4.69) is 16.7 Å². The number of amides is 2. The Morgan fingerprint density at radius 2 is 1.88 bits per heavy atom. The van der Waals surface area contributed by atoms with Crippen molar-refractivity contribution < 1.29 is 9.59 Å². The van der Waals surface area contributed by atoms with Crippen LogP contribution in [0.2, 0.25) is 5.02 Å². The summed E-state index contributed by atoms with van der Waals surface area (Å²) in [5.74, 6) is -0.169. The SMILES string of the molecule is NC(=O)CCNC(=O)c1cccc(NC2CC(c3ccccc3Cl)C2)c1. The molecule has 0 spiro atoms.